The van der Waals surface area contributed by atoms with E-state index in [1.54, 1.807) is 6.07 Å². The highest BCUT2D eigenvalue weighted by atomic mass is 35.5. The first-order valence-electron chi connectivity index (χ1n) is 7.85. The molecule has 0 saturated carbocycles. The number of anilines is 1. The van der Waals surface area contributed by atoms with Gasteiger partial charge in [-0.2, -0.15) is 10.5 Å². The summed E-state index contributed by atoms with van der Waals surface area (Å²) in [4.78, 5) is 4.66. The van der Waals surface area contributed by atoms with Crippen molar-refractivity contribution in [3.8, 4) is 12.1 Å². The molecule has 120 valence electrons. The van der Waals surface area contributed by atoms with Gasteiger partial charge in [0.05, 0.1) is 34.0 Å². The first-order valence-corrected chi connectivity index (χ1v) is 8.23. The van der Waals surface area contributed by atoms with Gasteiger partial charge in [-0.1, -0.05) is 23.7 Å². The molecule has 1 fully saturated rings. The molecular formula is C19H17ClN4. The Bertz CT molecular complexity index is 794. The van der Waals surface area contributed by atoms with Gasteiger partial charge in [0.15, 0.2) is 0 Å². The zero-order valence-corrected chi connectivity index (χ0v) is 14.0. The molecule has 0 bridgehead atoms. The third-order valence-corrected chi connectivity index (χ3v) is 4.58. The Morgan fingerprint density at radius 1 is 0.875 bits per heavy atom. The van der Waals surface area contributed by atoms with Gasteiger partial charge in [-0.15, -0.1) is 0 Å². The van der Waals surface area contributed by atoms with Crippen LogP contribution in [-0.4, -0.2) is 31.1 Å². The van der Waals surface area contributed by atoms with Crippen molar-refractivity contribution in [3.63, 3.8) is 0 Å². The zero-order chi connectivity index (χ0) is 16.9. The van der Waals surface area contributed by atoms with Crippen molar-refractivity contribution in [1.29, 1.82) is 10.5 Å². The molecule has 0 atom stereocenters. The van der Waals surface area contributed by atoms with E-state index in [9.17, 15) is 0 Å². The summed E-state index contributed by atoms with van der Waals surface area (Å²) in [5, 5.41) is 18.4. The summed E-state index contributed by atoms with van der Waals surface area (Å²) >= 11 is 6.30. The largest absolute Gasteiger partial charge is 0.368 e. The summed E-state index contributed by atoms with van der Waals surface area (Å²) in [5.41, 5.74) is 3.50. The topological polar surface area (TPSA) is 54.1 Å². The Morgan fingerprint density at radius 3 is 2.08 bits per heavy atom. The summed E-state index contributed by atoms with van der Waals surface area (Å²) in [6.07, 6.45) is 0. The monoisotopic (exact) mass is 336 g/mol. The van der Waals surface area contributed by atoms with E-state index in [0.29, 0.717) is 16.1 Å². The van der Waals surface area contributed by atoms with E-state index in [2.05, 4.69) is 21.9 Å². The van der Waals surface area contributed by atoms with Crippen LogP contribution in [0.25, 0.3) is 0 Å². The second-order valence-corrected chi connectivity index (χ2v) is 6.26. The van der Waals surface area contributed by atoms with E-state index in [1.165, 1.54) is 5.56 Å². The molecular weight excluding hydrogens is 320 g/mol. The third-order valence-electron chi connectivity index (χ3n) is 4.28. The Kier molecular flexibility index (Phi) is 5.01. The molecule has 0 unspecified atom stereocenters. The maximum Gasteiger partial charge on any atom is 0.0992 e. The van der Waals surface area contributed by atoms with Gasteiger partial charge in [0, 0.05) is 32.7 Å². The highest BCUT2D eigenvalue weighted by molar-refractivity contribution is 6.33. The minimum Gasteiger partial charge on any atom is -0.368 e. The number of halogens is 1. The zero-order valence-electron chi connectivity index (χ0n) is 13.2. The van der Waals surface area contributed by atoms with Crippen LogP contribution in [0.2, 0.25) is 5.02 Å². The molecule has 1 saturated heterocycles. The number of nitrogens with zero attached hydrogens (tertiary/aromatic N) is 4. The summed E-state index contributed by atoms with van der Waals surface area (Å²) in [6, 6.07) is 17.5. The summed E-state index contributed by atoms with van der Waals surface area (Å²) in [7, 11) is 0. The fraction of sp³-hybridized carbons (Fsp3) is 0.263. The van der Waals surface area contributed by atoms with Gasteiger partial charge in [-0.25, -0.2) is 0 Å². The van der Waals surface area contributed by atoms with E-state index in [4.69, 9.17) is 22.1 Å². The average molecular weight is 337 g/mol. The van der Waals surface area contributed by atoms with Gasteiger partial charge in [0.25, 0.3) is 0 Å². The van der Waals surface area contributed by atoms with E-state index in [1.807, 2.05) is 36.4 Å². The van der Waals surface area contributed by atoms with E-state index >= 15 is 0 Å². The number of nitriles is 2. The highest BCUT2D eigenvalue weighted by Crippen LogP contribution is 2.27. The molecule has 0 aliphatic carbocycles. The van der Waals surface area contributed by atoms with Crippen LogP contribution >= 0.6 is 11.6 Å². The molecule has 2 aromatic rings. The molecule has 0 aromatic heterocycles. The van der Waals surface area contributed by atoms with Gasteiger partial charge in [0.1, 0.15) is 0 Å². The molecule has 0 amide bonds. The molecule has 5 heteroatoms. The smallest absolute Gasteiger partial charge is 0.0992 e. The number of benzene rings is 2. The molecule has 1 aliphatic rings. The second-order valence-electron chi connectivity index (χ2n) is 5.85. The van der Waals surface area contributed by atoms with Crippen molar-refractivity contribution >= 4 is 17.3 Å². The van der Waals surface area contributed by atoms with Crippen molar-refractivity contribution in [3.05, 3.63) is 64.2 Å². The van der Waals surface area contributed by atoms with Crippen LogP contribution in [-0.2, 0) is 6.54 Å². The standard InChI is InChI=1S/C19H17ClN4/c20-18-11-17(13-22)5-6-19(18)24-9-7-23(8-10-24)14-16-3-1-15(12-21)2-4-16/h1-6,11H,7-10,14H2. The van der Waals surface area contributed by atoms with Crippen LogP contribution in [0.5, 0.6) is 0 Å². The summed E-state index contributed by atoms with van der Waals surface area (Å²) in [5.74, 6) is 0. The van der Waals surface area contributed by atoms with Gasteiger partial charge in [-0.3, -0.25) is 4.90 Å². The lowest BCUT2D eigenvalue weighted by atomic mass is 10.1. The lowest BCUT2D eigenvalue weighted by Crippen LogP contribution is -2.46. The number of hydrogen-bond acceptors (Lipinski definition) is 4. The molecule has 1 aliphatic heterocycles. The van der Waals surface area contributed by atoms with Crippen LogP contribution in [0.1, 0.15) is 16.7 Å². The molecule has 0 radical (unpaired) electrons. The number of hydrogen-bond donors (Lipinski definition) is 0. The Morgan fingerprint density at radius 2 is 1.50 bits per heavy atom. The Hall–Kier alpha value is -2.53. The Balaban J connectivity index is 1.59. The van der Waals surface area contributed by atoms with Crippen LogP contribution in [0, 0.1) is 22.7 Å². The number of rotatable bonds is 3. The molecule has 1 heterocycles. The van der Waals surface area contributed by atoms with E-state index in [0.717, 1.165) is 38.4 Å². The maximum atomic E-state index is 8.92. The quantitative estimate of drug-likeness (QED) is 0.862. The minimum atomic E-state index is 0.586. The molecule has 24 heavy (non-hydrogen) atoms. The fourth-order valence-corrected chi connectivity index (χ4v) is 3.22. The van der Waals surface area contributed by atoms with Gasteiger partial charge >= 0.3 is 0 Å². The predicted octanol–water partition coefficient (Wildman–Crippen LogP) is 3.41. The van der Waals surface area contributed by atoms with Gasteiger partial charge in [0.2, 0.25) is 0 Å². The fourth-order valence-electron chi connectivity index (χ4n) is 2.92. The number of piperazine rings is 1. The van der Waals surface area contributed by atoms with E-state index in [-0.39, 0.29) is 0 Å². The molecule has 0 spiro atoms. The average Bonchev–Trinajstić information content (AvgIpc) is 2.63. The van der Waals surface area contributed by atoms with Crippen molar-refractivity contribution in [2.45, 2.75) is 6.54 Å². The van der Waals surface area contributed by atoms with Gasteiger partial charge in [-0.05, 0) is 35.9 Å². The van der Waals surface area contributed by atoms with Crippen molar-refractivity contribution < 1.29 is 0 Å². The summed E-state index contributed by atoms with van der Waals surface area (Å²) in [6.45, 7) is 4.61. The molecule has 2 aromatic carbocycles. The second kappa shape index (κ2) is 7.36. The SMILES string of the molecule is N#Cc1ccc(CN2CCN(c3ccc(C#N)cc3Cl)CC2)cc1. The first-order chi connectivity index (χ1) is 11.7. The maximum absolute atomic E-state index is 8.92. The first kappa shape index (κ1) is 16.3. The summed E-state index contributed by atoms with van der Waals surface area (Å²) < 4.78 is 0. The van der Waals surface area contributed by atoms with Crippen LogP contribution in [0.4, 0.5) is 5.69 Å². The van der Waals surface area contributed by atoms with Crippen molar-refractivity contribution in [2.24, 2.45) is 0 Å². The van der Waals surface area contributed by atoms with Crippen LogP contribution in [0.15, 0.2) is 42.5 Å². The highest BCUT2D eigenvalue weighted by Gasteiger charge is 2.19. The normalized spacial score (nSPS) is 14.9. The lowest BCUT2D eigenvalue weighted by Gasteiger charge is -2.36. The minimum absolute atomic E-state index is 0.586. The third kappa shape index (κ3) is 3.68. The van der Waals surface area contributed by atoms with Crippen LogP contribution in [0.3, 0.4) is 0 Å². The molecule has 4 nitrogen and oxygen atoms in total. The van der Waals surface area contributed by atoms with Crippen molar-refractivity contribution in [1.82, 2.24) is 4.90 Å². The molecule has 0 N–H and O–H groups in total. The van der Waals surface area contributed by atoms with Crippen molar-refractivity contribution in [2.75, 3.05) is 31.1 Å². The lowest BCUT2D eigenvalue weighted by molar-refractivity contribution is 0.250. The Labute approximate surface area is 147 Å². The predicted molar refractivity (Wildman–Crippen MR) is 94.8 cm³/mol. The van der Waals surface area contributed by atoms with Gasteiger partial charge < -0.3 is 4.90 Å². The van der Waals surface area contributed by atoms with Crippen LogP contribution < -0.4 is 4.90 Å². The van der Waals surface area contributed by atoms with E-state index < -0.39 is 0 Å². The molecule has 3 rings (SSSR count).